The highest BCUT2D eigenvalue weighted by Crippen LogP contribution is 2.47. The van der Waals surface area contributed by atoms with E-state index in [9.17, 15) is 5.11 Å². The van der Waals surface area contributed by atoms with E-state index >= 15 is 0 Å². The van der Waals surface area contributed by atoms with Gasteiger partial charge in [0, 0.05) is 6.04 Å². The Morgan fingerprint density at radius 2 is 1.53 bits per heavy atom. The van der Waals surface area contributed by atoms with E-state index in [0.717, 1.165) is 18.3 Å². The molecule has 3 fully saturated rings. The lowest BCUT2D eigenvalue weighted by atomic mass is 9.93. The molecule has 0 radical (unpaired) electrons. The highest BCUT2D eigenvalue weighted by molar-refractivity contribution is 4.93. The van der Waals surface area contributed by atoms with Crippen molar-refractivity contribution in [3.05, 3.63) is 0 Å². The molecule has 0 aromatic rings. The molecule has 0 amide bonds. The fraction of sp³-hybridized carbons (Fsp3) is 1.00. The van der Waals surface area contributed by atoms with Crippen LogP contribution in [0.1, 0.15) is 44.9 Å². The lowest BCUT2D eigenvalue weighted by Gasteiger charge is -2.33. The average Bonchev–Trinajstić information content (AvgIpc) is 2.74. The summed E-state index contributed by atoms with van der Waals surface area (Å²) in [5.74, 6) is 2.02. The maximum absolute atomic E-state index is 10.2. The highest BCUT2D eigenvalue weighted by atomic mass is 16.3. The normalized spacial score (nSPS) is 47.0. The molecular weight excluding hydrogens is 186 g/mol. The minimum Gasteiger partial charge on any atom is -0.391 e. The van der Waals surface area contributed by atoms with Crippen LogP contribution >= 0.6 is 0 Å². The molecule has 1 saturated heterocycles. The van der Waals surface area contributed by atoms with Crippen molar-refractivity contribution >= 4 is 0 Å². The van der Waals surface area contributed by atoms with Crippen LogP contribution in [0.25, 0.3) is 0 Å². The predicted molar refractivity (Wildman–Crippen MR) is 60.7 cm³/mol. The van der Waals surface area contributed by atoms with Gasteiger partial charge < -0.3 is 5.11 Å². The van der Waals surface area contributed by atoms with Gasteiger partial charge in [0.05, 0.1) is 6.10 Å². The van der Waals surface area contributed by atoms with Crippen LogP contribution in [0.2, 0.25) is 0 Å². The number of fused-ring (bicyclic) bond motifs is 1. The molecule has 0 aromatic carbocycles. The van der Waals surface area contributed by atoms with Crippen LogP contribution in [0.15, 0.2) is 0 Å². The van der Waals surface area contributed by atoms with E-state index in [1.807, 2.05) is 0 Å². The zero-order valence-corrected chi connectivity index (χ0v) is 9.57. The highest BCUT2D eigenvalue weighted by Gasteiger charge is 2.40. The number of nitrogens with zero attached hydrogens (tertiary/aromatic N) is 1. The van der Waals surface area contributed by atoms with Crippen LogP contribution in [0, 0.1) is 11.8 Å². The summed E-state index contributed by atoms with van der Waals surface area (Å²) in [6, 6.07) is 0.494. The molecule has 2 aliphatic carbocycles. The summed E-state index contributed by atoms with van der Waals surface area (Å²) < 4.78 is 0. The third-order valence-electron chi connectivity index (χ3n) is 4.79. The molecule has 0 aromatic heterocycles. The quantitative estimate of drug-likeness (QED) is 0.714. The molecule has 0 spiro atoms. The largest absolute Gasteiger partial charge is 0.391 e. The predicted octanol–water partition coefficient (Wildman–Crippen LogP) is 2.02. The number of rotatable bonds is 1. The third kappa shape index (κ3) is 2.07. The van der Waals surface area contributed by atoms with Gasteiger partial charge in [-0.15, -0.1) is 0 Å². The number of hydrogen-bond donors (Lipinski definition) is 1. The van der Waals surface area contributed by atoms with E-state index in [-0.39, 0.29) is 6.10 Å². The van der Waals surface area contributed by atoms with Crippen LogP contribution in [-0.4, -0.2) is 35.2 Å². The monoisotopic (exact) mass is 209 g/mol. The van der Waals surface area contributed by atoms with Gasteiger partial charge in [0.2, 0.25) is 0 Å². The van der Waals surface area contributed by atoms with Gasteiger partial charge in [0.15, 0.2) is 0 Å². The molecule has 1 aliphatic heterocycles. The summed E-state index contributed by atoms with van der Waals surface area (Å²) >= 11 is 0. The van der Waals surface area contributed by atoms with Gasteiger partial charge in [-0.05, 0) is 69.9 Å². The number of aliphatic hydroxyl groups is 1. The Hall–Kier alpha value is -0.0800. The van der Waals surface area contributed by atoms with E-state index in [4.69, 9.17) is 0 Å². The van der Waals surface area contributed by atoms with Crippen molar-refractivity contribution < 1.29 is 5.11 Å². The van der Waals surface area contributed by atoms with Crippen molar-refractivity contribution in [1.82, 2.24) is 4.90 Å². The molecule has 4 atom stereocenters. The third-order valence-corrected chi connectivity index (χ3v) is 4.79. The summed E-state index contributed by atoms with van der Waals surface area (Å²) in [5.41, 5.74) is 0. The van der Waals surface area contributed by atoms with E-state index in [2.05, 4.69) is 4.90 Å². The lowest BCUT2D eigenvalue weighted by molar-refractivity contribution is 0.0421. The Kier molecular flexibility index (Phi) is 2.73. The van der Waals surface area contributed by atoms with Crippen LogP contribution in [0.3, 0.4) is 0 Å². The SMILES string of the molecule is O[C@@H]1CC[C@@H]2C[C@@H]2CC[C@@H]1N1CCCC1. The molecule has 0 unspecified atom stereocenters. The summed E-state index contributed by atoms with van der Waals surface area (Å²) in [7, 11) is 0. The Bertz CT molecular complexity index is 225. The molecule has 0 bridgehead atoms. The van der Waals surface area contributed by atoms with E-state index < -0.39 is 0 Å². The number of likely N-dealkylation sites (tertiary alicyclic amines) is 1. The van der Waals surface area contributed by atoms with Gasteiger partial charge >= 0.3 is 0 Å². The molecule has 86 valence electrons. The van der Waals surface area contributed by atoms with Gasteiger partial charge in [0.1, 0.15) is 0 Å². The zero-order valence-electron chi connectivity index (χ0n) is 9.57. The second-order valence-electron chi connectivity index (χ2n) is 5.79. The van der Waals surface area contributed by atoms with Crippen LogP contribution in [0.5, 0.6) is 0 Å². The summed E-state index contributed by atoms with van der Waals surface area (Å²) in [5, 5.41) is 10.2. The minimum absolute atomic E-state index is 0.0374. The van der Waals surface area contributed by atoms with Crippen molar-refractivity contribution in [2.75, 3.05) is 13.1 Å². The standard InChI is InChI=1S/C13H23NO/c15-13-6-4-11-9-10(11)3-5-12(13)14-7-1-2-8-14/h10-13,15H,1-9H2/t10-,11+,12-,13+/m0/s1. The fourth-order valence-corrected chi connectivity index (χ4v) is 3.67. The second-order valence-corrected chi connectivity index (χ2v) is 5.79. The van der Waals surface area contributed by atoms with Gasteiger partial charge in [0.25, 0.3) is 0 Å². The van der Waals surface area contributed by atoms with E-state index in [1.165, 1.54) is 51.6 Å². The molecule has 2 saturated carbocycles. The van der Waals surface area contributed by atoms with Gasteiger partial charge in [-0.25, -0.2) is 0 Å². The first-order chi connectivity index (χ1) is 7.34. The lowest BCUT2D eigenvalue weighted by Crippen LogP contribution is -2.42. The minimum atomic E-state index is -0.0374. The van der Waals surface area contributed by atoms with Crippen molar-refractivity contribution in [1.29, 1.82) is 0 Å². The molecule has 1 N–H and O–H groups in total. The summed E-state index contributed by atoms with van der Waals surface area (Å²) in [6.45, 7) is 2.46. The van der Waals surface area contributed by atoms with Crippen LogP contribution in [-0.2, 0) is 0 Å². The van der Waals surface area contributed by atoms with Crippen LogP contribution < -0.4 is 0 Å². The second kappa shape index (κ2) is 4.06. The van der Waals surface area contributed by atoms with E-state index in [0.29, 0.717) is 6.04 Å². The first kappa shape index (κ1) is 10.1. The summed E-state index contributed by atoms with van der Waals surface area (Å²) in [6.07, 6.45) is 9.08. The van der Waals surface area contributed by atoms with Crippen molar-refractivity contribution in [3.63, 3.8) is 0 Å². The Labute approximate surface area is 92.7 Å². The molecular formula is C13H23NO. The number of aliphatic hydroxyl groups excluding tert-OH is 1. The van der Waals surface area contributed by atoms with Crippen molar-refractivity contribution in [3.8, 4) is 0 Å². The average molecular weight is 209 g/mol. The maximum atomic E-state index is 10.2. The Morgan fingerprint density at radius 3 is 2.27 bits per heavy atom. The van der Waals surface area contributed by atoms with Gasteiger partial charge in [-0.1, -0.05) is 0 Å². The Morgan fingerprint density at radius 1 is 0.867 bits per heavy atom. The molecule has 1 heterocycles. The zero-order chi connectivity index (χ0) is 10.3. The maximum Gasteiger partial charge on any atom is 0.0695 e. The summed E-state index contributed by atoms with van der Waals surface area (Å²) in [4.78, 5) is 2.55. The van der Waals surface area contributed by atoms with Gasteiger partial charge in [-0.3, -0.25) is 4.90 Å². The van der Waals surface area contributed by atoms with Crippen LogP contribution in [0.4, 0.5) is 0 Å². The molecule has 15 heavy (non-hydrogen) atoms. The Balaban J connectivity index is 1.63. The molecule has 2 nitrogen and oxygen atoms in total. The van der Waals surface area contributed by atoms with Gasteiger partial charge in [-0.2, -0.15) is 0 Å². The molecule has 2 heteroatoms. The number of hydrogen-bond acceptors (Lipinski definition) is 2. The smallest absolute Gasteiger partial charge is 0.0695 e. The first-order valence-electron chi connectivity index (χ1n) is 6.77. The first-order valence-corrected chi connectivity index (χ1v) is 6.77. The topological polar surface area (TPSA) is 23.5 Å². The van der Waals surface area contributed by atoms with Crippen molar-refractivity contribution in [2.45, 2.75) is 57.1 Å². The molecule has 3 rings (SSSR count). The van der Waals surface area contributed by atoms with E-state index in [1.54, 1.807) is 0 Å². The van der Waals surface area contributed by atoms with Crippen molar-refractivity contribution in [2.24, 2.45) is 11.8 Å². The molecule has 3 aliphatic rings. The fourth-order valence-electron chi connectivity index (χ4n) is 3.67.